The van der Waals surface area contributed by atoms with Crippen LogP contribution < -0.4 is 10.2 Å². The van der Waals surface area contributed by atoms with Gasteiger partial charge in [-0.15, -0.1) is 0 Å². The number of likely N-dealkylation sites (N-methyl/N-ethyl adjacent to an activating group) is 1. The van der Waals surface area contributed by atoms with Crippen LogP contribution in [0.25, 0.3) is 11.1 Å². The average molecular weight is 431 g/mol. The summed E-state index contributed by atoms with van der Waals surface area (Å²) in [6.45, 7) is 0.783. The monoisotopic (exact) mass is 430 g/mol. The number of anilines is 1. The third kappa shape index (κ3) is 3.51. The molecule has 0 bridgehead atoms. The smallest absolute Gasteiger partial charge is 0.318 e. The highest BCUT2D eigenvalue weighted by atomic mass is 16.3. The van der Waals surface area contributed by atoms with E-state index < -0.39 is 0 Å². The van der Waals surface area contributed by atoms with Crippen molar-refractivity contribution in [2.45, 2.75) is 50.2 Å². The second-order valence-electron chi connectivity index (χ2n) is 9.35. The van der Waals surface area contributed by atoms with Gasteiger partial charge in [0.25, 0.3) is 0 Å². The average Bonchev–Trinajstić information content (AvgIpc) is 3.49. The fourth-order valence-corrected chi connectivity index (χ4v) is 5.93. The second-order valence-corrected chi connectivity index (χ2v) is 9.35. The van der Waals surface area contributed by atoms with Crippen molar-refractivity contribution in [2.75, 3.05) is 25.1 Å². The molecule has 2 fully saturated rings. The molecule has 3 atom stereocenters. The molecule has 0 spiro atoms. The van der Waals surface area contributed by atoms with Gasteiger partial charge in [-0.1, -0.05) is 31.0 Å². The molecular formula is C26H30N4O2. The first-order chi connectivity index (χ1) is 15.6. The van der Waals surface area contributed by atoms with Crippen LogP contribution in [0.3, 0.4) is 0 Å². The summed E-state index contributed by atoms with van der Waals surface area (Å²) in [7, 11) is 2.04. The highest BCUT2D eigenvalue weighted by Crippen LogP contribution is 2.49. The lowest BCUT2D eigenvalue weighted by Crippen LogP contribution is -2.50. The van der Waals surface area contributed by atoms with Crippen molar-refractivity contribution in [2.24, 2.45) is 5.92 Å². The maximum absolute atomic E-state index is 13.3. The van der Waals surface area contributed by atoms with E-state index in [9.17, 15) is 9.90 Å². The SMILES string of the molecule is CN1c2ccc(-c3ccc(C#N)cc3)cc2[C@H]2[C@H](CCN2C(=O)NC2CCCC2)[C@@H]1CO. The molecular weight excluding hydrogens is 400 g/mol. The van der Waals surface area contributed by atoms with Crippen molar-refractivity contribution in [3.63, 3.8) is 0 Å². The number of fused-ring (bicyclic) bond motifs is 3. The minimum atomic E-state index is -0.0434. The highest BCUT2D eigenvalue weighted by molar-refractivity contribution is 5.78. The molecule has 0 unspecified atom stereocenters. The Morgan fingerprint density at radius 1 is 1.12 bits per heavy atom. The van der Waals surface area contributed by atoms with Gasteiger partial charge in [-0.2, -0.15) is 5.26 Å². The predicted molar refractivity (Wildman–Crippen MR) is 124 cm³/mol. The summed E-state index contributed by atoms with van der Waals surface area (Å²) in [6.07, 6.45) is 5.39. The van der Waals surface area contributed by atoms with Gasteiger partial charge in [-0.25, -0.2) is 4.79 Å². The van der Waals surface area contributed by atoms with Crippen LogP contribution in [-0.4, -0.2) is 48.3 Å². The lowest BCUT2D eigenvalue weighted by molar-refractivity contribution is 0.158. The summed E-state index contributed by atoms with van der Waals surface area (Å²) in [5.74, 6) is 0.197. The first kappa shape index (κ1) is 20.8. The molecule has 1 saturated carbocycles. The third-order valence-corrected chi connectivity index (χ3v) is 7.64. The molecule has 6 nitrogen and oxygen atoms in total. The molecule has 166 valence electrons. The van der Waals surface area contributed by atoms with E-state index in [1.165, 1.54) is 12.8 Å². The number of hydrogen-bond donors (Lipinski definition) is 2. The summed E-state index contributed by atoms with van der Waals surface area (Å²) >= 11 is 0. The molecule has 2 N–H and O–H groups in total. The largest absolute Gasteiger partial charge is 0.394 e. The molecule has 2 aliphatic heterocycles. The number of benzene rings is 2. The number of rotatable bonds is 3. The Bertz CT molecular complexity index is 1040. The Labute approximate surface area is 189 Å². The number of aliphatic hydroxyl groups is 1. The van der Waals surface area contributed by atoms with E-state index in [4.69, 9.17) is 5.26 Å². The number of hydrogen-bond acceptors (Lipinski definition) is 4. The number of nitrogens with one attached hydrogen (secondary N) is 1. The standard InChI is InChI=1S/C26H30N4O2/c1-29-23-11-10-19(18-8-6-17(15-27)7-9-18)14-22(23)25-21(24(29)16-31)12-13-30(25)26(32)28-20-4-2-3-5-20/h6-11,14,20-21,24-25,31H,2-5,12-13,16H2,1H3,(H,28,32)/t21-,24+,25-/m1/s1. The third-order valence-electron chi connectivity index (χ3n) is 7.64. The maximum Gasteiger partial charge on any atom is 0.318 e. The molecule has 5 rings (SSSR count). The molecule has 2 aromatic carbocycles. The summed E-state index contributed by atoms with van der Waals surface area (Å²) in [5.41, 5.74) is 4.98. The van der Waals surface area contributed by atoms with E-state index in [0.29, 0.717) is 12.1 Å². The first-order valence-corrected chi connectivity index (χ1v) is 11.7. The molecule has 2 aromatic rings. The summed E-state index contributed by atoms with van der Waals surface area (Å²) < 4.78 is 0. The first-order valence-electron chi connectivity index (χ1n) is 11.7. The number of urea groups is 1. The summed E-state index contributed by atoms with van der Waals surface area (Å²) in [6, 6.07) is 16.4. The van der Waals surface area contributed by atoms with Gasteiger partial charge in [0.2, 0.25) is 0 Å². The van der Waals surface area contributed by atoms with Crippen LogP contribution in [0.15, 0.2) is 42.5 Å². The predicted octanol–water partition coefficient (Wildman–Crippen LogP) is 4.05. The van der Waals surface area contributed by atoms with Gasteiger partial charge >= 0.3 is 6.03 Å². The molecule has 0 radical (unpaired) electrons. The second kappa shape index (κ2) is 8.48. The maximum atomic E-state index is 13.3. The van der Waals surface area contributed by atoms with Crippen molar-refractivity contribution in [1.29, 1.82) is 5.26 Å². The van der Waals surface area contributed by atoms with Gasteiger partial charge in [0.15, 0.2) is 0 Å². The molecule has 0 aromatic heterocycles. The Morgan fingerprint density at radius 2 is 1.84 bits per heavy atom. The number of carbonyl (C=O) groups is 1. The van der Waals surface area contributed by atoms with Crippen molar-refractivity contribution >= 4 is 11.7 Å². The lowest BCUT2D eigenvalue weighted by atomic mass is 9.81. The number of likely N-dealkylation sites (tertiary alicyclic amines) is 1. The van der Waals surface area contributed by atoms with E-state index in [1.807, 2.05) is 36.2 Å². The van der Waals surface area contributed by atoms with Gasteiger partial charge in [-0.3, -0.25) is 0 Å². The van der Waals surface area contributed by atoms with Gasteiger partial charge in [0, 0.05) is 31.2 Å². The number of aliphatic hydroxyl groups excluding tert-OH is 1. The van der Waals surface area contributed by atoms with Crippen molar-refractivity contribution < 1.29 is 9.90 Å². The van der Waals surface area contributed by atoms with Crippen LogP contribution in [0.5, 0.6) is 0 Å². The summed E-state index contributed by atoms with van der Waals surface area (Å²) in [5, 5.41) is 22.6. The Balaban J connectivity index is 1.52. The zero-order chi connectivity index (χ0) is 22.2. The highest BCUT2D eigenvalue weighted by Gasteiger charge is 2.48. The molecule has 3 aliphatic rings. The van der Waals surface area contributed by atoms with Crippen LogP contribution in [0.1, 0.15) is 49.3 Å². The Hall–Kier alpha value is -3.04. The topological polar surface area (TPSA) is 79.6 Å². The van der Waals surface area contributed by atoms with Gasteiger partial charge in [0.05, 0.1) is 30.3 Å². The molecule has 2 heterocycles. The molecule has 32 heavy (non-hydrogen) atoms. The van der Waals surface area contributed by atoms with Gasteiger partial charge < -0.3 is 20.2 Å². The van der Waals surface area contributed by atoms with Crippen molar-refractivity contribution in [3.05, 3.63) is 53.6 Å². The van der Waals surface area contributed by atoms with Crippen LogP contribution in [0.4, 0.5) is 10.5 Å². The van der Waals surface area contributed by atoms with E-state index in [2.05, 4.69) is 34.5 Å². The zero-order valence-corrected chi connectivity index (χ0v) is 18.5. The van der Waals surface area contributed by atoms with Crippen LogP contribution in [0.2, 0.25) is 0 Å². The fourth-order valence-electron chi connectivity index (χ4n) is 5.93. The fraction of sp³-hybridized carbons (Fsp3) is 0.462. The minimum absolute atomic E-state index is 0.00228. The number of carbonyl (C=O) groups excluding carboxylic acids is 1. The van der Waals surface area contributed by atoms with E-state index in [1.54, 1.807) is 0 Å². The Morgan fingerprint density at radius 3 is 2.53 bits per heavy atom. The van der Waals surface area contributed by atoms with Gasteiger partial charge in [-0.05, 0) is 60.2 Å². The van der Waals surface area contributed by atoms with Crippen LogP contribution in [-0.2, 0) is 0 Å². The van der Waals surface area contributed by atoms with Crippen molar-refractivity contribution in [3.8, 4) is 17.2 Å². The van der Waals surface area contributed by atoms with Crippen LogP contribution in [0, 0.1) is 17.2 Å². The van der Waals surface area contributed by atoms with Crippen LogP contribution >= 0.6 is 0 Å². The molecule has 1 saturated heterocycles. The number of nitrogens with zero attached hydrogens (tertiary/aromatic N) is 3. The Kier molecular flexibility index (Phi) is 5.52. The molecule has 6 heteroatoms. The normalized spacial score (nSPS) is 24.7. The molecule has 1 aliphatic carbocycles. The lowest BCUT2D eigenvalue weighted by Gasteiger charge is -2.44. The van der Waals surface area contributed by atoms with E-state index >= 15 is 0 Å². The zero-order valence-electron chi connectivity index (χ0n) is 18.5. The quantitative estimate of drug-likeness (QED) is 0.770. The summed E-state index contributed by atoms with van der Waals surface area (Å²) in [4.78, 5) is 17.5. The minimum Gasteiger partial charge on any atom is -0.394 e. The van der Waals surface area contributed by atoms with Gasteiger partial charge in [0.1, 0.15) is 0 Å². The van der Waals surface area contributed by atoms with E-state index in [-0.39, 0.29) is 36.7 Å². The molecule has 2 amide bonds. The number of nitriles is 1. The van der Waals surface area contributed by atoms with Crippen molar-refractivity contribution in [1.82, 2.24) is 10.2 Å². The van der Waals surface area contributed by atoms with E-state index in [0.717, 1.165) is 41.6 Å². The number of amides is 2.